The van der Waals surface area contributed by atoms with Crippen molar-refractivity contribution in [1.29, 1.82) is 5.26 Å². The van der Waals surface area contributed by atoms with Crippen LogP contribution in [0.4, 0.5) is 8.78 Å². The summed E-state index contributed by atoms with van der Waals surface area (Å²) >= 11 is 0. The lowest BCUT2D eigenvalue weighted by Gasteiger charge is -2.09. The van der Waals surface area contributed by atoms with Crippen molar-refractivity contribution in [2.75, 3.05) is 7.11 Å². The van der Waals surface area contributed by atoms with Gasteiger partial charge in [-0.1, -0.05) is 0 Å². The largest absolute Gasteiger partial charge is 0.464 e. The third kappa shape index (κ3) is 2.54. The maximum atomic E-state index is 12.7. The number of pyridine rings is 1. The first kappa shape index (κ1) is 13.0. The molecule has 0 saturated heterocycles. The number of esters is 1. The van der Waals surface area contributed by atoms with Crippen LogP contribution in [0, 0.1) is 11.3 Å². The van der Waals surface area contributed by atoms with Crippen molar-refractivity contribution < 1.29 is 18.3 Å². The first-order valence-electron chi connectivity index (χ1n) is 4.55. The summed E-state index contributed by atoms with van der Waals surface area (Å²) in [5.74, 6) is -0.987. The highest BCUT2D eigenvalue weighted by atomic mass is 19.3. The van der Waals surface area contributed by atoms with Gasteiger partial charge in [0.1, 0.15) is 6.07 Å². The lowest BCUT2D eigenvalue weighted by atomic mass is 10.1. The third-order valence-corrected chi connectivity index (χ3v) is 2.06. The number of hydrogen-bond acceptors (Lipinski definition) is 5. The second kappa shape index (κ2) is 5.32. The fraction of sp³-hybridized carbons (Fsp3) is 0.300. The van der Waals surface area contributed by atoms with Crippen LogP contribution in [0.1, 0.15) is 33.7 Å². The number of carbonyl (C=O) groups excluding carboxylic acids is 1. The molecular weight excluding hydrogens is 232 g/mol. The minimum absolute atomic E-state index is 0.0737. The standard InChI is InChI=1S/C10H9F2N3O2/c1-17-10(16)8-6(9(11)12)2-5(3-13)7(4-14)15-8/h2,9H,4,14H2,1H3. The average Bonchev–Trinajstić information content (AvgIpc) is 2.35. The smallest absolute Gasteiger partial charge is 0.357 e. The van der Waals surface area contributed by atoms with Gasteiger partial charge in [0.15, 0.2) is 5.69 Å². The van der Waals surface area contributed by atoms with E-state index in [0.29, 0.717) is 0 Å². The SMILES string of the molecule is COC(=O)c1nc(CN)c(C#N)cc1C(F)F. The summed E-state index contributed by atoms with van der Waals surface area (Å²) < 4.78 is 29.7. The highest BCUT2D eigenvalue weighted by Gasteiger charge is 2.23. The minimum atomic E-state index is -2.92. The van der Waals surface area contributed by atoms with E-state index in [4.69, 9.17) is 11.0 Å². The summed E-state index contributed by atoms with van der Waals surface area (Å²) in [6.07, 6.45) is -2.92. The zero-order valence-corrected chi connectivity index (χ0v) is 8.91. The van der Waals surface area contributed by atoms with Crippen molar-refractivity contribution in [2.24, 2.45) is 5.73 Å². The molecule has 0 aliphatic heterocycles. The fourth-order valence-corrected chi connectivity index (χ4v) is 1.25. The second-order valence-corrected chi connectivity index (χ2v) is 3.03. The van der Waals surface area contributed by atoms with Crippen LogP contribution >= 0.6 is 0 Å². The highest BCUT2D eigenvalue weighted by Crippen LogP contribution is 2.24. The molecule has 0 aliphatic carbocycles. The number of rotatable bonds is 3. The Kier molecular flexibility index (Phi) is 4.06. The lowest BCUT2D eigenvalue weighted by molar-refractivity contribution is 0.0581. The molecule has 0 radical (unpaired) electrons. The van der Waals surface area contributed by atoms with Crippen molar-refractivity contribution in [3.63, 3.8) is 0 Å². The number of carbonyl (C=O) groups is 1. The molecule has 2 N–H and O–H groups in total. The quantitative estimate of drug-likeness (QED) is 0.801. The number of ether oxygens (including phenoxy) is 1. The van der Waals surface area contributed by atoms with E-state index in [1.807, 2.05) is 0 Å². The van der Waals surface area contributed by atoms with Gasteiger partial charge in [0.2, 0.25) is 0 Å². The van der Waals surface area contributed by atoms with Crippen LogP contribution in [0.5, 0.6) is 0 Å². The maximum absolute atomic E-state index is 12.7. The van der Waals surface area contributed by atoms with Gasteiger partial charge >= 0.3 is 5.97 Å². The highest BCUT2D eigenvalue weighted by molar-refractivity contribution is 5.89. The first-order valence-corrected chi connectivity index (χ1v) is 4.55. The summed E-state index contributed by atoms with van der Waals surface area (Å²) in [7, 11) is 1.06. The summed E-state index contributed by atoms with van der Waals surface area (Å²) in [6.45, 7) is -0.129. The van der Waals surface area contributed by atoms with Gasteiger partial charge in [0, 0.05) is 6.54 Å². The first-order chi connectivity index (χ1) is 8.04. The van der Waals surface area contributed by atoms with E-state index in [0.717, 1.165) is 13.2 Å². The van der Waals surface area contributed by atoms with Gasteiger partial charge in [-0.15, -0.1) is 0 Å². The van der Waals surface area contributed by atoms with E-state index in [9.17, 15) is 13.6 Å². The molecule has 0 fully saturated rings. The molecule has 1 aromatic heterocycles. The van der Waals surface area contributed by atoms with Crippen molar-refractivity contribution in [3.8, 4) is 6.07 Å². The molecule has 1 rings (SSSR count). The predicted octanol–water partition coefficient (Wildman–Crippen LogP) is 1.14. The van der Waals surface area contributed by atoms with Crippen molar-refractivity contribution >= 4 is 5.97 Å². The zero-order valence-electron chi connectivity index (χ0n) is 8.91. The average molecular weight is 241 g/mol. The van der Waals surface area contributed by atoms with E-state index in [1.165, 1.54) is 0 Å². The number of halogens is 2. The predicted molar refractivity (Wildman–Crippen MR) is 53.1 cm³/mol. The molecular formula is C10H9F2N3O2. The summed E-state index contributed by atoms with van der Waals surface area (Å²) in [4.78, 5) is 14.9. The van der Waals surface area contributed by atoms with Crippen LogP contribution < -0.4 is 5.73 Å². The number of methoxy groups -OCH3 is 1. The Morgan fingerprint density at radius 2 is 2.35 bits per heavy atom. The van der Waals surface area contributed by atoms with Gasteiger partial charge in [-0.3, -0.25) is 0 Å². The molecule has 1 heterocycles. The van der Waals surface area contributed by atoms with Gasteiger partial charge in [0.25, 0.3) is 6.43 Å². The normalized spacial score (nSPS) is 10.1. The summed E-state index contributed by atoms with van der Waals surface area (Å²) in [5, 5.41) is 8.74. The van der Waals surface area contributed by atoms with Crippen LogP contribution in [0.25, 0.3) is 0 Å². The van der Waals surface area contributed by atoms with E-state index in [1.54, 1.807) is 6.07 Å². The Balaban J connectivity index is 3.47. The van der Waals surface area contributed by atoms with E-state index >= 15 is 0 Å². The zero-order chi connectivity index (χ0) is 13.0. The molecule has 7 heteroatoms. The van der Waals surface area contributed by atoms with Crippen LogP contribution in [0.15, 0.2) is 6.07 Å². The monoisotopic (exact) mass is 241 g/mol. The van der Waals surface area contributed by atoms with E-state index < -0.39 is 23.7 Å². The molecule has 5 nitrogen and oxygen atoms in total. The number of nitriles is 1. The van der Waals surface area contributed by atoms with Crippen molar-refractivity contribution in [2.45, 2.75) is 13.0 Å². The molecule has 0 aromatic carbocycles. The van der Waals surface area contributed by atoms with Crippen LogP contribution in [0.3, 0.4) is 0 Å². The van der Waals surface area contributed by atoms with Crippen LogP contribution in [-0.4, -0.2) is 18.1 Å². The molecule has 0 aliphatic rings. The Morgan fingerprint density at radius 3 is 2.76 bits per heavy atom. The maximum Gasteiger partial charge on any atom is 0.357 e. The van der Waals surface area contributed by atoms with Crippen LogP contribution in [-0.2, 0) is 11.3 Å². The topological polar surface area (TPSA) is 89.0 Å². The Labute approximate surface area is 95.8 Å². The molecule has 0 saturated carbocycles. The van der Waals surface area contributed by atoms with Gasteiger partial charge in [-0.05, 0) is 6.07 Å². The fourth-order valence-electron chi connectivity index (χ4n) is 1.25. The summed E-state index contributed by atoms with van der Waals surface area (Å²) in [6, 6.07) is 2.61. The Bertz CT molecular complexity index is 483. The van der Waals surface area contributed by atoms with E-state index in [-0.39, 0.29) is 17.8 Å². The van der Waals surface area contributed by atoms with Crippen LogP contribution in [0.2, 0.25) is 0 Å². The van der Waals surface area contributed by atoms with Gasteiger partial charge in [0.05, 0.1) is 23.9 Å². The van der Waals surface area contributed by atoms with Gasteiger partial charge in [-0.25, -0.2) is 18.6 Å². The molecule has 0 spiro atoms. The number of hydrogen-bond donors (Lipinski definition) is 1. The molecule has 17 heavy (non-hydrogen) atoms. The number of alkyl halides is 2. The number of aromatic nitrogens is 1. The third-order valence-electron chi connectivity index (χ3n) is 2.06. The van der Waals surface area contributed by atoms with E-state index in [2.05, 4.69) is 9.72 Å². The summed E-state index contributed by atoms with van der Waals surface area (Å²) in [5.41, 5.74) is 4.17. The lowest BCUT2D eigenvalue weighted by Crippen LogP contribution is -2.14. The molecule has 90 valence electrons. The van der Waals surface area contributed by atoms with Gasteiger partial charge in [-0.2, -0.15) is 5.26 Å². The van der Waals surface area contributed by atoms with Crippen molar-refractivity contribution in [3.05, 3.63) is 28.6 Å². The number of nitrogens with zero attached hydrogens (tertiary/aromatic N) is 2. The Hall–Kier alpha value is -2.07. The molecule has 0 amide bonds. The molecule has 0 atom stereocenters. The van der Waals surface area contributed by atoms with Crippen molar-refractivity contribution in [1.82, 2.24) is 4.98 Å². The molecule has 0 unspecified atom stereocenters. The minimum Gasteiger partial charge on any atom is -0.464 e. The Morgan fingerprint density at radius 1 is 1.71 bits per heavy atom. The second-order valence-electron chi connectivity index (χ2n) is 3.03. The number of nitrogens with two attached hydrogens (primary N) is 1. The van der Waals surface area contributed by atoms with Gasteiger partial charge < -0.3 is 10.5 Å². The molecule has 1 aromatic rings. The molecule has 0 bridgehead atoms.